The monoisotopic (exact) mass is 569 g/mol. The van der Waals surface area contributed by atoms with Crippen molar-refractivity contribution in [2.75, 3.05) is 31.2 Å². The third-order valence-electron chi connectivity index (χ3n) is 7.03. The van der Waals surface area contributed by atoms with E-state index in [4.69, 9.17) is 20.9 Å². The van der Waals surface area contributed by atoms with Gasteiger partial charge < -0.3 is 51.8 Å². The molecule has 0 radical (unpaired) electrons. The van der Waals surface area contributed by atoms with Gasteiger partial charge in [0, 0.05) is 6.54 Å². The molecule has 216 valence electrons. The van der Waals surface area contributed by atoms with Crippen molar-refractivity contribution in [3.63, 3.8) is 0 Å². The molecule has 0 aromatic carbocycles. The van der Waals surface area contributed by atoms with Crippen LogP contribution in [0.4, 0.5) is 11.6 Å². The second-order valence-electron chi connectivity index (χ2n) is 9.53. The minimum Gasteiger partial charge on any atom is -0.394 e. The number of hydrogen-bond acceptors (Lipinski definition) is 16. The quantitative estimate of drug-likeness (QED) is 0.0811. The Bertz CT molecular complexity index is 1630. The molecule has 2 saturated heterocycles. The Balaban J connectivity index is 1.16. The van der Waals surface area contributed by atoms with Crippen LogP contribution in [0.15, 0.2) is 19.0 Å². The third kappa shape index (κ3) is 4.59. The first kappa shape index (κ1) is 27.1. The van der Waals surface area contributed by atoms with E-state index in [0.29, 0.717) is 11.2 Å². The fraction of sp³-hybridized carbons (Fsp3) is 0.478. The molecule has 0 saturated carbocycles. The molecule has 18 nitrogen and oxygen atoms in total. The standard InChI is InChI=1S/C23H27N11O7/c24-18-12-20(29-6-27-18)33(8-31-12)22-16(38)14(36)9(40-22)4-26-3-1-2-11-32-13-19(25)28-7-30-21(13)34(11)23-17(39)15(37)10(5-35)41-23/h6-10,14-17,22-23,26,35-39H,3-5H2,(H2,24,27,29)(H2,25,28,30)/t9-,10-,14?,15?,16?,17?,22-,23-/m1/s1. The Labute approximate surface area is 230 Å². The second-order valence-corrected chi connectivity index (χ2v) is 9.53. The summed E-state index contributed by atoms with van der Waals surface area (Å²) in [5.41, 5.74) is 12.9. The molecule has 41 heavy (non-hydrogen) atoms. The molecule has 8 atom stereocenters. The number of aromatic nitrogens is 8. The maximum Gasteiger partial charge on any atom is 0.190 e. The number of imidazole rings is 2. The highest BCUT2D eigenvalue weighted by Gasteiger charge is 2.45. The number of ether oxygens (including phenoxy) is 2. The molecular formula is C23H27N11O7. The van der Waals surface area contributed by atoms with E-state index in [1.54, 1.807) is 0 Å². The van der Waals surface area contributed by atoms with E-state index < -0.39 is 55.7 Å². The van der Waals surface area contributed by atoms with Gasteiger partial charge >= 0.3 is 0 Å². The SMILES string of the molecule is Nc1ncnc2c1ncn2[C@@H]1O[C@H](CNCC#Cc2nc3c(N)ncnc3n2[C@@H]2O[C@H](CO)C(O)C2O)C(O)C1O. The average Bonchev–Trinajstić information content (AvgIpc) is 3.70. The molecule has 0 bridgehead atoms. The number of aliphatic hydroxyl groups is 5. The topological polar surface area (TPSA) is 271 Å². The lowest BCUT2D eigenvalue weighted by atomic mass is 10.1. The van der Waals surface area contributed by atoms with E-state index in [2.05, 4.69) is 47.1 Å². The Morgan fingerprint density at radius 2 is 1.49 bits per heavy atom. The van der Waals surface area contributed by atoms with Crippen LogP contribution < -0.4 is 16.8 Å². The van der Waals surface area contributed by atoms with Crippen LogP contribution in [0.2, 0.25) is 0 Å². The van der Waals surface area contributed by atoms with Crippen LogP contribution in [-0.2, 0) is 9.47 Å². The first-order valence-electron chi connectivity index (χ1n) is 12.5. The molecule has 4 aromatic rings. The molecule has 10 N–H and O–H groups in total. The van der Waals surface area contributed by atoms with E-state index in [-0.39, 0.29) is 41.7 Å². The molecule has 2 aliphatic rings. The summed E-state index contributed by atoms with van der Waals surface area (Å²) in [4.78, 5) is 24.7. The summed E-state index contributed by atoms with van der Waals surface area (Å²) < 4.78 is 14.4. The molecule has 4 aromatic heterocycles. The number of aliphatic hydroxyl groups excluding tert-OH is 5. The molecule has 18 heteroatoms. The Hall–Kier alpha value is -4.06. The number of nitrogens with zero attached hydrogens (tertiary/aromatic N) is 8. The lowest BCUT2D eigenvalue weighted by molar-refractivity contribution is -0.0514. The molecule has 6 rings (SSSR count). The fourth-order valence-corrected chi connectivity index (χ4v) is 4.93. The summed E-state index contributed by atoms with van der Waals surface area (Å²) >= 11 is 0. The summed E-state index contributed by atoms with van der Waals surface area (Å²) in [7, 11) is 0. The number of nitrogens with two attached hydrogens (primary N) is 2. The number of rotatable bonds is 6. The Kier molecular flexibility index (Phi) is 7.10. The molecule has 0 aliphatic carbocycles. The highest BCUT2D eigenvalue weighted by molar-refractivity contribution is 5.82. The van der Waals surface area contributed by atoms with Crippen molar-refractivity contribution in [2.45, 2.75) is 49.1 Å². The zero-order valence-corrected chi connectivity index (χ0v) is 21.3. The maximum absolute atomic E-state index is 10.6. The molecule has 2 fully saturated rings. The van der Waals surface area contributed by atoms with Crippen LogP contribution >= 0.6 is 0 Å². The summed E-state index contributed by atoms with van der Waals surface area (Å²) in [5.74, 6) is 6.15. The van der Waals surface area contributed by atoms with Gasteiger partial charge in [0.05, 0.1) is 19.5 Å². The van der Waals surface area contributed by atoms with Crippen LogP contribution in [0, 0.1) is 11.8 Å². The van der Waals surface area contributed by atoms with Gasteiger partial charge in [0.2, 0.25) is 0 Å². The zero-order chi connectivity index (χ0) is 28.8. The number of nitrogens with one attached hydrogen (secondary N) is 1. The van der Waals surface area contributed by atoms with Crippen LogP contribution in [0.3, 0.4) is 0 Å². The molecule has 0 spiro atoms. The van der Waals surface area contributed by atoms with Crippen LogP contribution in [0.1, 0.15) is 18.3 Å². The average molecular weight is 570 g/mol. The van der Waals surface area contributed by atoms with E-state index in [9.17, 15) is 25.5 Å². The maximum atomic E-state index is 10.6. The largest absolute Gasteiger partial charge is 0.394 e. The van der Waals surface area contributed by atoms with Gasteiger partial charge in [-0.15, -0.1) is 0 Å². The van der Waals surface area contributed by atoms with Gasteiger partial charge in [0.1, 0.15) is 54.8 Å². The molecule has 2 aliphatic heterocycles. The van der Waals surface area contributed by atoms with Crippen LogP contribution in [-0.4, -0.2) is 121 Å². The predicted octanol–water partition coefficient (Wildman–Crippen LogP) is -4.00. The lowest BCUT2D eigenvalue weighted by Crippen LogP contribution is -2.37. The summed E-state index contributed by atoms with van der Waals surface area (Å²) in [6, 6.07) is 0. The highest BCUT2D eigenvalue weighted by atomic mass is 16.6. The van der Waals surface area contributed by atoms with E-state index in [1.165, 1.54) is 28.1 Å². The minimum absolute atomic E-state index is 0.0852. The minimum atomic E-state index is -1.39. The number of nitrogen functional groups attached to an aromatic ring is 2. The highest BCUT2D eigenvalue weighted by Crippen LogP contribution is 2.34. The molecule has 6 heterocycles. The number of anilines is 2. The lowest BCUT2D eigenvalue weighted by Gasteiger charge is -2.17. The number of fused-ring (bicyclic) bond motifs is 2. The van der Waals surface area contributed by atoms with Gasteiger partial charge in [-0.25, -0.2) is 29.9 Å². The van der Waals surface area contributed by atoms with Crippen molar-refractivity contribution in [3.05, 3.63) is 24.8 Å². The smallest absolute Gasteiger partial charge is 0.190 e. The van der Waals surface area contributed by atoms with E-state index in [0.717, 1.165) is 0 Å². The second kappa shape index (κ2) is 10.7. The van der Waals surface area contributed by atoms with Crippen LogP contribution in [0.25, 0.3) is 22.3 Å². The van der Waals surface area contributed by atoms with Crippen molar-refractivity contribution < 1.29 is 35.0 Å². The normalized spacial score (nSPS) is 29.8. The summed E-state index contributed by atoms with van der Waals surface area (Å²) in [5, 5.41) is 54.6. The fourth-order valence-electron chi connectivity index (χ4n) is 4.93. The van der Waals surface area contributed by atoms with Gasteiger partial charge in [-0.1, -0.05) is 5.92 Å². The Morgan fingerprint density at radius 3 is 2.22 bits per heavy atom. The van der Waals surface area contributed by atoms with Crippen molar-refractivity contribution >= 4 is 34.0 Å². The van der Waals surface area contributed by atoms with Crippen molar-refractivity contribution in [2.24, 2.45) is 0 Å². The van der Waals surface area contributed by atoms with Crippen LogP contribution in [0.5, 0.6) is 0 Å². The van der Waals surface area contributed by atoms with Gasteiger partial charge in [0.15, 0.2) is 46.7 Å². The van der Waals surface area contributed by atoms with Crippen molar-refractivity contribution in [3.8, 4) is 11.8 Å². The third-order valence-corrected chi connectivity index (χ3v) is 7.03. The predicted molar refractivity (Wildman–Crippen MR) is 138 cm³/mol. The Morgan fingerprint density at radius 1 is 0.829 bits per heavy atom. The van der Waals surface area contributed by atoms with E-state index >= 15 is 0 Å². The van der Waals surface area contributed by atoms with Gasteiger partial charge in [0.25, 0.3) is 0 Å². The van der Waals surface area contributed by atoms with E-state index in [1.807, 2.05) is 0 Å². The van der Waals surface area contributed by atoms with Crippen molar-refractivity contribution in [1.29, 1.82) is 0 Å². The summed E-state index contributed by atoms with van der Waals surface area (Å²) in [6.07, 6.45) is -5.20. The summed E-state index contributed by atoms with van der Waals surface area (Å²) in [6.45, 7) is -0.255. The van der Waals surface area contributed by atoms with Gasteiger partial charge in [-0.2, -0.15) is 0 Å². The molecular weight excluding hydrogens is 542 g/mol. The first-order chi connectivity index (χ1) is 19.8. The number of hydrogen-bond donors (Lipinski definition) is 8. The van der Waals surface area contributed by atoms with Gasteiger partial charge in [-0.05, 0) is 5.92 Å². The van der Waals surface area contributed by atoms with Gasteiger partial charge in [-0.3, -0.25) is 9.13 Å². The zero-order valence-electron chi connectivity index (χ0n) is 21.3. The molecule has 0 amide bonds. The first-order valence-corrected chi connectivity index (χ1v) is 12.5. The van der Waals surface area contributed by atoms with Crippen molar-refractivity contribution in [1.82, 2.24) is 44.4 Å². The molecule has 4 unspecified atom stereocenters.